The highest BCUT2D eigenvalue weighted by atomic mass is 16.2. The van der Waals surface area contributed by atoms with Crippen LogP contribution in [0.25, 0.3) is 0 Å². The third-order valence-electron chi connectivity index (χ3n) is 3.72. The lowest BCUT2D eigenvalue weighted by molar-refractivity contribution is -0.132. The van der Waals surface area contributed by atoms with E-state index >= 15 is 0 Å². The van der Waals surface area contributed by atoms with Crippen LogP contribution in [0.1, 0.15) is 25.7 Å². The summed E-state index contributed by atoms with van der Waals surface area (Å²) < 4.78 is 0. The van der Waals surface area contributed by atoms with Crippen LogP contribution in [0.15, 0.2) is 0 Å². The van der Waals surface area contributed by atoms with Gasteiger partial charge in [0.05, 0.1) is 0 Å². The Kier molecular flexibility index (Phi) is 4.18. The summed E-state index contributed by atoms with van der Waals surface area (Å²) in [6.45, 7) is 4.30. The van der Waals surface area contributed by atoms with E-state index in [-0.39, 0.29) is 5.91 Å². The number of likely N-dealkylation sites (N-methyl/N-ethyl adjacent to an activating group) is 1. The third-order valence-corrected chi connectivity index (χ3v) is 3.72. The van der Waals surface area contributed by atoms with Gasteiger partial charge in [0.1, 0.15) is 0 Å². The van der Waals surface area contributed by atoms with Crippen LogP contribution in [0.5, 0.6) is 0 Å². The second kappa shape index (κ2) is 5.64. The minimum Gasteiger partial charge on any atom is -0.344 e. The molecular formula is C12H23N3O. The number of nitrogens with one attached hydrogen (secondary N) is 2. The van der Waals surface area contributed by atoms with Gasteiger partial charge in [-0.2, -0.15) is 0 Å². The van der Waals surface area contributed by atoms with Gasteiger partial charge in [-0.05, 0) is 44.8 Å². The molecule has 0 bridgehead atoms. The van der Waals surface area contributed by atoms with Crippen LogP contribution in [0.3, 0.4) is 0 Å². The minimum atomic E-state index is 0.289. The Morgan fingerprint density at radius 2 is 2.38 bits per heavy atom. The molecule has 1 amide bonds. The van der Waals surface area contributed by atoms with Gasteiger partial charge in [-0.3, -0.25) is 4.79 Å². The summed E-state index contributed by atoms with van der Waals surface area (Å²) in [6, 6.07) is 0.504. The predicted molar refractivity (Wildman–Crippen MR) is 64.3 cm³/mol. The lowest BCUT2D eigenvalue weighted by atomic mass is 9.98. The number of hydrogen-bond donors (Lipinski definition) is 2. The quantitative estimate of drug-likeness (QED) is 0.721. The number of amides is 1. The summed E-state index contributed by atoms with van der Waals surface area (Å²) in [7, 11) is 1.90. The summed E-state index contributed by atoms with van der Waals surface area (Å²) in [5, 5.41) is 7.04. The van der Waals surface area contributed by atoms with Gasteiger partial charge < -0.3 is 15.5 Å². The van der Waals surface area contributed by atoms with Gasteiger partial charge in [-0.1, -0.05) is 0 Å². The second-order valence-electron chi connectivity index (χ2n) is 5.13. The number of carbonyl (C=O) groups excluding carboxylic acids is 1. The van der Waals surface area contributed by atoms with Crippen molar-refractivity contribution in [3.05, 3.63) is 0 Å². The first-order valence-electron chi connectivity index (χ1n) is 6.44. The normalized spacial score (nSPS) is 31.8. The molecule has 0 aromatic rings. The zero-order valence-corrected chi connectivity index (χ0v) is 10.2. The number of likely N-dealkylation sites (tertiary alicyclic amines) is 1. The van der Waals surface area contributed by atoms with Gasteiger partial charge in [0.15, 0.2) is 0 Å². The number of nitrogens with zero attached hydrogens (tertiary/aromatic N) is 1. The van der Waals surface area contributed by atoms with E-state index in [1.165, 1.54) is 19.4 Å². The molecule has 0 aromatic carbocycles. The molecule has 2 atom stereocenters. The zero-order chi connectivity index (χ0) is 11.4. The molecule has 0 aliphatic carbocycles. The van der Waals surface area contributed by atoms with E-state index in [1.54, 1.807) is 0 Å². The highest BCUT2D eigenvalue weighted by molar-refractivity contribution is 5.76. The van der Waals surface area contributed by atoms with E-state index in [0.717, 1.165) is 32.0 Å². The smallest absolute Gasteiger partial charge is 0.222 e. The molecule has 16 heavy (non-hydrogen) atoms. The molecule has 2 N–H and O–H groups in total. The zero-order valence-electron chi connectivity index (χ0n) is 10.2. The van der Waals surface area contributed by atoms with Crippen LogP contribution in [0.2, 0.25) is 0 Å². The predicted octanol–water partition coefficient (Wildman–Crippen LogP) is 0.196. The van der Waals surface area contributed by atoms with Crippen molar-refractivity contribution in [1.82, 2.24) is 15.5 Å². The number of carbonyl (C=O) groups is 1. The Bertz CT molecular complexity index is 238. The van der Waals surface area contributed by atoms with Crippen LogP contribution in [0.4, 0.5) is 0 Å². The molecule has 92 valence electrons. The van der Waals surface area contributed by atoms with E-state index in [2.05, 4.69) is 10.6 Å². The van der Waals surface area contributed by atoms with E-state index in [1.807, 2.05) is 11.9 Å². The Morgan fingerprint density at radius 1 is 1.50 bits per heavy atom. The molecule has 0 saturated carbocycles. The van der Waals surface area contributed by atoms with Crippen molar-refractivity contribution in [3.63, 3.8) is 0 Å². The van der Waals surface area contributed by atoms with Crippen LogP contribution >= 0.6 is 0 Å². The molecule has 2 fully saturated rings. The van der Waals surface area contributed by atoms with Crippen molar-refractivity contribution < 1.29 is 4.79 Å². The largest absolute Gasteiger partial charge is 0.344 e. The number of rotatable bonds is 3. The molecule has 2 aliphatic heterocycles. The molecule has 0 radical (unpaired) electrons. The fourth-order valence-electron chi connectivity index (χ4n) is 2.61. The van der Waals surface area contributed by atoms with Gasteiger partial charge in [0.2, 0.25) is 5.91 Å². The summed E-state index contributed by atoms with van der Waals surface area (Å²) in [5.41, 5.74) is 0. The van der Waals surface area contributed by atoms with Crippen molar-refractivity contribution in [3.8, 4) is 0 Å². The fraction of sp³-hybridized carbons (Fsp3) is 0.917. The van der Waals surface area contributed by atoms with Gasteiger partial charge in [-0.15, -0.1) is 0 Å². The summed E-state index contributed by atoms with van der Waals surface area (Å²) in [4.78, 5) is 13.2. The SMILES string of the molecule is CN1C[C@H](NC[C@H]2CCCNC2)CCC1=O. The average molecular weight is 225 g/mol. The first-order valence-corrected chi connectivity index (χ1v) is 6.44. The van der Waals surface area contributed by atoms with Crippen molar-refractivity contribution in [2.75, 3.05) is 33.2 Å². The molecule has 2 rings (SSSR count). The Hall–Kier alpha value is -0.610. The molecule has 2 heterocycles. The van der Waals surface area contributed by atoms with Crippen molar-refractivity contribution in [2.45, 2.75) is 31.7 Å². The average Bonchev–Trinajstić information content (AvgIpc) is 2.32. The molecule has 0 aromatic heterocycles. The van der Waals surface area contributed by atoms with Crippen LogP contribution in [-0.4, -0.2) is 50.1 Å². The highest BCUT2D eigenvalue weighted by Crippen LogP contribution is 2.12. The minimum absolute atomic E-state index is 0.289. The Balaban J connectivity index is 1.67. The first kappa shape index (κ1) is 11.9. The van der Waals surface area contributed by atoms with Crippen LogP contribution < -0.4 is 10.6 Å². The topological polar surface area (TPSA) is 44.4 Å². The molecular weight excluding hydrogens is 202 g/mol. The molecule has 0 spiro atoms. The summed E-state index contributed by atoms with van der Waals surface area (Å²) in [6.07, 6.45) is 4.34. The standard InChI is InChI=1S/C12H23N3O/c1-15-9-11(4-5-12(15)16)14-8-10-3-2-6-13-7-10/h10-11,13-14H,2-9H2,1H3/t10-,11+/m0/s1. The molecule has 4 heteroatoms. The van der Waals surface area contributed by atoms with Crippen molar-refractivity contribution in [2.24, 2.45) is 5.92 Å². The molecule has 2 saturated heterocycles. The maximum absolute atomic E-state index is 11.3. The van der Waals surface area contributed by atoms with Crippen molar-refractivity contribution >= 4 is 5.91 Å². The van der Waals surface area contributed by atoms with Gasteiger partial charge in [0, 0.05) is 26.1 Å². The molecule has 4 nitrogen and oxygen atoms in total. The Morgan fingerprint density at radius 3 is 3.06 bits per heavy atom. The van der Waals surface area contributed by atoms with E-state index in [4.69, 9.17) is 0 Å². The number of piperidine rings is 2. The summed E-state index contributed by atoms with van der Waals surface area (Å²) in [5.74, 6) is 1.06. The maximum atomic E-state index is 11.3. The number of hydrogen-bond acceptors (Lipinski definition) is 3. The van der Waals surface area contributed by atoms with Crippen molar-refractivity contribution in [1.29, 1.82) is 0 Å². The molecule has 2 aliphatic rings. The van der Waals surface area contributed by atoms with E-state index in [9.17, 15) is 4.79 Å². The second-order valence-corrected chi connectivity index (χ2v) is 5.13. The Labute approximate surface area is 97.8 Å². The first-order chi connectivity index (χ1) is 7.75. The van der Waals surface area contributed by atoms with Gasteiger partial charge >= 0.3 is 0 Å². The monoisotopic (exact) mass is 225 g/mol. The van der Waals surface area contributed by atoms with Crippen LogP contribution in [0, 0.1) is 5.92 Å². The lowest BCUT2D eigenvalue weighted by Crippen LogP contribution is -2.48. The van der Waals surface area contributed by atoms with Gasteiger partial charge in [-0.25, -0.2) is 0 Å². The summed E-state index contributed by atoms with van der Waals surface area (Å²) >= 11 is 0. The highest BCUT2D eigenvalue weighted by Gasteiger charge is 2.23. The van der Waals surface area contributed by atoms with E-state index in [0.29, 0.717) is 12.5 Å². The van der Waals surface area contributed by atoms with E-state index < -0.39 is 0 Å². The maximum Gasteiger partial charge on any atom is 0.222 e. The third kappa shape index (κ3) is 3.19. The fourth-order valence-corrected chi connectivity index (χ4v) is 2.61. The molecule has 0 unspecified atom stereocenters. The lowest BCUT2D eigenvalue weighted by Gasteiger charge is -2.32. The van der Waals surface area contributed by atoms with Crippen LogP contribution in [-0.2, 0) is 4.79 Å². The van der Waals surface area contributed by atoms with Gasteiger partial charge in [0.25, 0.3) is 0 Å².